The van der Waals surface area contributed by atoms with Crippen molar-refractivity contribution in [3.05, 3.63) is 0 Å². The van der Waals surface area contributed by atoms with E-state index in [1.165, 1.54) is 6.42 Å². The Kier molecular flexibility index (Phi) is 2.66. The zero-order valence-corrected chi connectivity index (χ0v) is 8.81. The molecule has 1 rings (SSSR count). The van der Waals surface area contributed by atoms with Crippen molar-refractivity contribution in [2.45, 2.75) is 57.5 Å². The molecule has 3 heteroatoms. The molecule has 0 aromatic rings. The van der Waals surface area contributed by atoms with Crippen LogP contribution in [0.1, 0.15) is 46.5 Å². The molecule has 0 bridgehead atoms. The Hall–Kier alpha value is -0.570. The molecule has 3 nitrogen and oxygen atoms in total. The number of hydrogen-bond donors (Lipinski definition) is 2. The first-order valence-corrected chi connectivity index (χ1v) is 5.01. The van der Waals surface area contributed by atoms with E-state index in [9.17, 15) is 4.79 Å². The number of carbonyl (C=O) groups is 1. The average Bonchev–Trinajstić information content (AvgIpc) is 1.94. The van der Waals surface area contributed by atoms with Crippen LogP contribution >= 0.6 is 0 Å². The van der Waals surface area contributed by atoms with Crippen molar-refractivity contribution in [3.8, 4) is 0 Å². The minimum atomic E-state index is -0.752. The molecule has 0 radical (unpaired) electrons. The topological polar surface area (TPSA) is 55.1 Å². The van der Waals surface area contributed by atoms with Crippen LogP contribution in [-0.4, -0.2) is 17.0 Å². The summed E-state index contributed by atoms with van der Waals surface area (Å²) in [7, 11) is 0. The Balaban J connectivity index is 2.52. The largest absolute Gasteiger partial charge is 0.349 e. The van der Waals surface area contributed by atoms with Gasteiger partial charge in [0.25, 0.3) is 0 Å². The number of carbonyl (C=O) groups excluding carboxylic acids is 1. The summed E-state index contributed by atoms with van der Waals surface area (Å²) in [4.78, 5) is 11.6. The van der Waals surface area contributed by atoms with Gasteiger partial charge in [-0.1, -0.05) is 6.92 Å². The second kappa shape index (κ2) is 3.29. The van der Waals surface area contributed by atoms with Crippen molar-refractivity contribution in [2.24, 2.45) is 5.73 Å². The summed E-state index contributed by atoms with van der Waals surface area (Å²) in [5, 5.41) is 3.06. The maximum atomic E-state index is 11.6. The molecule has 1 saturated carbocycles. The van der Waals surface area contributed by atoms with Crippen molar-refractivity contribution in [3.63, 3.8) is 0 Å². The molecular formula is C10H20N2O. The van der Waals surface area contributed by atoms with Crippen molar-refractivity contribution >= 4 is 5.91 Å². The first-order chi connectivity index (χ1) is 5.90. The number of nitrogens with one attached hydrogen (secondary N) is 1. The van der Waals surface area contributed by atoms with Crippen LogP contribution in [0.4, 0.5) is 0 Å². The summed E-state index contributed by atoms with van der Waals surface area (Å²) in [6.45, 7) is 5.59. The Bertz CT molecular complexity index is 196. The van der Waals surface area contributed by atoms with Crippen LogP contribution in [0.25, 0.3) is 0 Å². The van der Waals surface area contributed by atoms with E-state index < -0.39 is 5.54 Å². The molecule has 1 fully saturated rings. The van der Waals surface area contributed by atoms with Crippen LogP contribution in [0.3, 0.4) is 0 Å². The highest BCUT2D eigenvalue weighted by molar-refractivity contribution is 5.85. The van der Waals surface area contributed by atoms with E-state index in [1.54, 1.807) is 13.8 Å². The minimum Gasteiger partial charge on any atom is -0.349 e. The van der Waals surface area contributed by atoms with E-state index in [2.05, 4.69) is 12.2 Å². The quantitative estimate of drug-likeness (QED) is 0.692. The zero-order valence-electron chi connectivity index (χ0n) is 8.81. The highest BCUT2D eigenvalue weighted by Crippen LogP contribution is 2.34. The lowest BCUT2D eigenvalue weighted by Gasteiger charge is -2.43. The summed E-state index contributed by atoms with van der Waals surface area (Å²) in [5.41, 5.74) is 5.02. The van der Waals surface area contributed by atoms with Gasteiger partial charge in [-0.3, -0.25) is 4.79 Å². The van der Waals surface area contributed by atoms with Gasteiger partial charge in [-0.05, 0) is 39.5 Å². The number of amides is 1. The second-order valence-corrected chi connectivity index (χ2v) is 4.66. The van der Waals surface area contributed by atoms with E-state index in [1.807, 2.05) is 0 Å². The minimum absolute atomic E-state index is 0.0333. The maximum absolute atomic E-state index is 11.6. The van der Waals surface area contributed by atoms with E-state index in [0.29, 0.717) is 0 Å². The third-order valence-electron chi connectivity index (χ3n) is 2.95. The summed E-state index contributed by atoms with van der Waals surface area (Å²) in [6.07, 6.45) is 4.44. The predicted octanol–water partition coefficient (Wildman–Crippen LogP) is 1.17. The van der Waals surface area contributed by atoms with Crippen molar-refractivity contribution in [2.75, 3.05) is 0 Å². The second-order valence-electron chi connectivity index (χ2n) is 4.66. The third-order valence-corrected chi connectivity index (χ3v) is 2.95. The normalized spacial score (nSPS) is 20.6. The summed E-state index contributed by atoms with van der Waals surface area (Å²) in [6, 6.07) is 0. The predicted molar refractivity (Wildman–Crippen MR) is 53.3 cm³/mol. The number of hydrogen-bond acceptors (Lipinski definition) is 2. The lowest BCUT2D eigenvalue weighted by atomic mass is 9.74. The van der Waals surface area contributed by atoms with Crippen molar-refractivity contribution in [1.29, 1.82) is 0 Å². The van der Waals surface area contributed by atoms with Crippen molar-refractivity contribution < 1.29 is 4.79 Å². The molecule has 1 aliphatic carbocycles. The lowest BCUT2D eigenvalue weighted by molar-refractivity contribution is -0.128. The molecule has 0 aliphatic heterocycles. The summed E-state index contributed by atoms with van der Waals surface area (Å²) >= 11 is 0. The van der Waals surface area contributed by atoms with E-state index in [-0.39, 0.29) is 11.4 Å². The molecule has 76 valence electrons. The molecule has 1 aliphatic rings. The molecule has 0 unspecified atom stereocenters. The van der Waals surface area contributed by atoms with E-state index in [4.69, 9.17) is 5.73 Å². The summed E-state index contributed by atoms with van der Waals surface area (Å²) < 4.78 is 0. The number of rotatable bonds is 3. The van der Waals surface area contributed by atoms with Gasteiger partial charge in [-0.2, -0.15) is 0 Å². The van der Waals surface area contributed by atoms with Crippen LogP contribution in [0.2, 0.25) is 0 Å². The molecule has 3 N–H and O–H groups in total. The van der Waals surface area contributed by atoms with Gasteiger partial charge in [0.1, 0.15) is 0 Å². The van der Waals surface area contributed by atoms with Gasteiger partial charge in [-0.25, -0.2) is 0 Å². The third kappa shape index (κ3) is 2.21. The molecule has 13 heavy (non-hydrogen) atoms. The van der Waals surface area contributed by atoms with Gasteiger partial charge < -0.3 is 11.1 Å². The molecule has 0 heterocycles. The van der Waals surface area contributed by atoms with Gasteiger partial charge >= 0.3 is 0 Å². The Morgan fingerprint density at radius 3 is 2.31 bits per heavy atom. The van der Waals surface area contributed by atoms with Gasteiger partial charge in [0.15, 0.2) is 0 Å². The van der Waals surface area contributed by atoms with Crippen LogP contribution in [0.15, 0.2) is 0 Å². The van der Waals surface area contributed by atoms with Gasteiger partial charge in [0, 0.05) is 5.54 Å². The number of nitrogens with two attached hydrogens (primary N) is 1. The fourth-order valence-corrected chi connectivity index (χ4v) is 1.57. The Labute approximate surface area is 80.1 Å². The van der Waals surface area contributed by atoms with Crippen LogP contribution in [0.5, 0.6) is 0 Å². The SMILES string of the molecule is CCC1(NC(=O)C(C)(C)N)CCC1. The van der Waals surface area contributed by atoms with E-state index in [0.717, 1.165) is 19.3 Å². The van der Waals surface area contributed by atoms with Crippen LogP contribution in [-0.2, 0) is 4.79 Å². The summed E-state index contributed by atoms with van der Waals surface area (Å²) in [5.74, 6) is -0.0333. The Morgan fingerprint density at radius 2 is 2.08 bits per heavy atom. The monoisotopic (exact) mass is 184 g/mol. The first-order valence-electron chi connectivity index (χ1n) is 5.01. The molecule has 1 amide bonds. The fraction of sp³-hybridized carbons (Fsp3) is 0.900. The van der Waals surface area contributed by atoms with Gasteiger partial charge in [-0.15, -0.1) is 0 Å². The molecule has 0 saturated heterocycles. The van der Waals surface area contributed by atoms with Gasteiger partial charge in [0.2, 0.25) is 5.91 Å². The van der Waals surface area contributed by atoms with Gasteiger partial charge in [0.05, 0.1) is 5.54 Å². The van der Waals surface area contributed by atoms with E-state index >= 15 is 0 Å². The molecule has 0 aromatic heterocycles. The Morgan fingerprint density at radius 1 is 1.54 bits per heavy atom. The maximum Gasteiger partial charge on any atom is 0.239 e. The molecule has 0 atom stereocenters. The average molecular weight is 184 g/mol. The highest BCUT2D eigenvalue weighted by atomic mass is 16.2. The first kappa shape index (κ1) is 10.5. The van der Waals surface area contributed by atoms with Crippen molar-refractivity contribution in [1.82, 2.24) is 5.32 Å². The molecule has 0 aromatic carbocycles. The van der Waals surface area contributed by atoms with Crippen LogP contribution < -0.4 is 11.1 Å². The molecule has 0 spiro atoms. The zero-order chi connectivity index (χ0) is 10.1. The lowest BCUT2D eigenvalue weighted by Crippen LogP contribution is -2.60. The van der Waals surface area contributed by atoms with Crippen LogP contribution in [0, 0.1) is 0 Å². The molecular weight excluding hydrogens is 164 g/mol. The fourth-order valence-electron chi connectivity index (χ4n) is 1.57. The highest BCUT2D eigenvalue weighted by Gasteiger charge is 2.38. The standard InChI is InChI=1S/C10H20N2O/c1-4-10(6-5-7-10)12-8(13)9(2,3)11/h4-7,11H2,1-3H3,(H,12,13). The smallest absolute Gasteiger partial charge is 0.239 e.